The highest BCUT2D eigenvalue weighted by Gasteiger charge is 2.58. The van der Waals surface area contributed by atoms with Gasteiger partial charge in [-0.2, -0.15) is 13.2 Å². The monoisotopic (exact) mass is 258 g/mol. The van der Waals surface area contributed by atoms with E-state index in [0.717, 1.165) is 0 Å². The quantitative estimate of drug-likeness (QED) is 0.821. The van der Waals surface area contributed by atoms with Crippen LogP contribution in [0, 0.1) is 5.41 Å². The van der Waals surface area contributed by atoms with E-state index in [-0.39, 0.29) is 6.42 Å². The molecular weight excluding hydrogens is 245 g/mol. The van der Waals surface area contributed by atoms with Gasteiger partial charge in [-0.1, -0.05) is 36.4 Å². The van der Waals surface area contributed by atoms with Gasteiger partial charge in [0.25, 0.3) is 0 Å². The number of aliphatic carboxylic acids is 1. The van der Waals surface area contributed by atoms with Gasteiger partial charge in [0.2, 0.25) is 0 Å². The van der Waals surface area contributed by atoms with E-state index < -0.39 is 24.0 Å². The van der Waals surface area contributed by atoms with Gasteiger partial charge in [0, 0.05) is 0 Å². The second-order valence-corrected chi connectivity index (χ2v) is 3.96. The molecule has 1 aromatic carbocycles. The second-order valence-electron chi connectivity index (χ2n) is 3.96. The van der Waals surface area contributed by atoms with Crippen LogP contribution in [0.2, 0.25) is 0 Å². The zero-order valence-electron chi connectivity index (χ0n) is 9.57. The third-order valence-electron chi connectivity index (χ3n) is 2.89. The van der Waals surface area contributed by atoms with E-state index in [2.05, 4.69) is 6.58 Å². The first kappa shape index (κ1) is 14.3. The average molecular weight is 258 g/mol. The molecule has 98 valence electrons. The summed E-state index contributed by atoms with van der Waals surface area (Å²) >= 11 is 0. The molecule has 0 aliphatic carbocycles. The third kappa shape index (κ3) is 2.72. The van der Waals surface area contributed by atoms with E-state index in [1.807, 2.05) is 0 Å². The van der Waals surface area contributed by atoms with E-state index in [1.54, 1.807) is 30.3 Å². The summed E-state index contributed by atoms with van der Waals surface area (Å²) in [6.45, 7) is 3.03. The van der Waals surface area contributed by atoms with E-state index in [1.165, 1.54) is 0 Å². The van der Waals surface area contributed by atoms with E-state index in [0.29, 0.717) is 11.6 Å². The maximum absolute atomic E-state index is 12.9. The van der Waals surface area contributed by atoms with Gasteiger partial charge in [-0.25, -0.2) is 0 Å². The molecule has 1 atom stereocenters. The van der Waals surface area contributed by atoms with Crippen molar-refractivity contribution in [3.63, 3.8) is 0 Å². The van der Waals surface area contributed by atoms with Gasteiger partial charge in [0.1, 0.15) is 0 Å². The molecular formula is C13H13F3O2. The van der Waals surface area contributed by atoms with Crippen molar-refractivity contribution in [2.24, 2.45) is 5.41 Å². The number of benzene rings is 1. The van der Waals surface area contributed by atoms with Gasteiger partial charge in [0.05, 0.1) is 0 Å². The van der Waals surface area contributed by atoms with Crippen LogP contribution in [0.25, 0.3) is 0 Å². The third-order valence-corrected chi connectivity index (χ3v) is 2.89. The molecule has 0 fully saturated rings. The molecule has 0 saturated heterocycles. The van der Waals surface area contributed by atoms with Crippen molar-refractivity contribution in [1.82, 2.24) is 0 Å². The zero-order chi connectivity index (χ0) is 13.8. The second kappa shape index (κ2) is 5.25. The highest BCUT2D eigenvalue weighted by Crippen LogP contribution is 2.43. The van der Waals surface area contributed by atoms with Crippen molar-refractivity contribution in [3.05, 3.63) is 48.6 Å². The summed E-state index contributed by atoms with van der Waals surface area (Å²) < 4.78 is 38.6. The first-order valence-electron chi connectivity index (χ1n) is 5.31. The van der Waals surface area contributed by atoms with Crippen molar-refractivity contribution >= 4 is 5.97 Å². The van der Waals surface area contributed by atoms with Crippen LogP contribution >= 0.6 is 0 Å². The Morgan fingerprint density at radius 1 is 1.28 bits per heavy atom. The Morgan fingerprint density at radius 3 is 2.22 bits per heavy atom. The summed E-state index contributed by atoms with van der Waals surface area (Å²) in [5, 5.41) is 8.85. The van der Waals surface area contributed by atoms with Gasteiger partial charge in [-0.05, 0) is 18.4 Å². The number of hydrogen-bond acceptors (Lipinski definition) is 1. The molecule has 1 aromatic rings. The van der Waals surface area contributed by atoms with Crippen molar-refractivity contribution in [3.8, 4) is 0 Å². The first-order chi connectivity index (χ1) is 8.33. The van der Waals surface area contributed by atoms with Gasteiger partial charge in [-0.3, -0.25) is 4.79 Å². The maximum atomic E-state index is 12.9. The van der Waals surface area contributed by atoms with Crippen molar-refractivity contribution in [2.75, 3.05) is 0 Å². The minimum atomic E-state index is -4.85. The lowest BCUT2D eigenvalue weighted by Crippen LogP contribution is -2.43. The van der Waals surface area contributed by atoms with Crippen LogP contribution in [0.3, 0.4) is 0 Å². The first-order valence-corrected chi connectivity index (χ1v) is 5.31. The SMILES string of the molecule is C=CC(CCc1ccccc1)(C(=O)O)C(F)(F)F. The van der Waals surface area contributed by atoms with Crippen molar-refractivity contribution in [2.45, 2.75) is 19.0 Å². The Bertz CT molecular complexity index is 426. The minimum Gasteiger partial charge on any atom is -0.480 e. The molecule has 0 aliphatic rings. The predicted molar refractivity (Wildman–Crippen MR) is 61.1 cm³/mol. The smallest absolute Gasteiger partial charge is 0.408 e. The minimum absolute atomic E-state index is 0.0265. The van der Waals surface area contributed by atoms with Crippen molar-refractivity contribution in [1.29, 1.82) is 0 Å². The number of aryl methyl sites for hydroxylation is 1. The Hall–Kier alpha value is -1.78. The van der Waals surface area contributed by atoms with Crippen molar-refractivity contribution < 1.29 is 23.1 Å². The zero-order valence-corrected chi connectivity index (χ0v) is 9.57. The molecule has 0 bridgehead atoms. The molecule has 5 heteroatoms. The highest BCUT2D eigenvalue weighted by atomic mass is 19.4. The summed E-state index contributed by atoms with van der Waals surface area (Å²) in [7, 11) is 0. The summed E-state index contributed by atoms with van der Waals surface area (Å²) in [6.07, 6.45) is -4.91. The number of hydrogen-bond donors (Lipinski definition) is 1. The summed E-state index contributed by atoms with van der Waals surface area (Å²) in [5.41, 5.74) is -2.22. The summed E-state index contributed by atoms with van der Waals surface area (Å²) in [4.78, 5) is 10.9. The number of carbonyl (C=O) groups is 1. The average Bonchev–Trinajstić information content (AvgIpc) is 2.29. The predicted octanol–water partition coefficient (Wildman–Crippen LogP) is 3.44. The Morgan fingerprint density at radius 2 is 1.83 bits per heavy atom. The van der Waals surface area contributed by atoms with Crippen LogP contribution in [-0.4, -0.2) is 17.3 Å². The van der Waals surface area contributed by atoms with Crippen LogP contribution in [0.5, 0.6) is 0 Å². The summed E-state index contributed by atoms with van der Waals surface area (Å²) in [6, 6.07) is 8.45. The van der Waals surface area contributed by atoms with Gasteiger partial charge >= 0.3 is 12.1 Å². The molecule has 0 spiro atoms. The fraction of sp³-hybridized carbons (Fsp3) is 0.308. The number of carboxylic acids is 1. The Kier molecular flexibility index (Phi) is 4.16. The lowest BCUT2D eigenvalue weighted by atomic mass is 9.81. The largest absolute Gasteiger partial charge is 0.480 e. The molecule has 0 radical (unpaired) electrons. The van der Waals surface area contributed by atoms with Gasteiger partial charge < -0.3 is 5.11 Å². The number of rotatable bonds is 5. The molecule has 0 saturated carbocycles. The molecule has 2 nitrogen and oxygen atoms in total. The number of carboxylic acid groups (broad SMARTS) is 1. The lowest BCUT2D eigenvalue weighted by Gasteiger charge is -2.28. The number of alkyl halides is 3. The lowest BCUT2D eigenvalue weighted by molar-refractivity contribution is -0.218. The van der Waals surface area contributed by atoms with Crippen LogP contribution < -0.4 is 0 Å². The molecule has 0 aromatic heterocycles. The fourth-order valence-corrected chi connectivity index (χ4v) is 1.66. The Labute approximate surface area is 103 Å². The molecule has 1 rings (SSSR count). The standard InChI is InChI=1S/C13H13F3O2/c1-2-12(11(17)18,13(14,15)16)9-8-10-6-4-3-5-7-10/h2-7H,1,8-9H2,(H,17,18). The highest BCUT2D eigenvalue weighted by molar-refractivity contribution is 5.78. The van der Waals surface area contributed by atoms with Gasteiger partial charge in [0.15, 0.2) is 5.41 Å². The van der Waals surface area contributed by atoms with E-state index in [9.17, 15) is 18.0 Å². The van der Waals surface area contributed by atoms with E-state index in [4.69, 9.17) is 5.11 Å². The molecule has 18 heavy (non-hydrogen) atoms. The van der Waals surface area contributed by atoms with Crippen LogP contribution in [-0.2, 0) is 11.2 Å². The molecule has 1 N–H and O–H groups in total. The molecule has 0 amide bonds. The molecule has 0 aliphatic heterocycles. The van der Waals surface area contributed by atoms with E-state index >= 15 is 0 Å². The fourth-order valence-electron chi connectivity index (χ4n) is 1.66. The topological polar surface area (TPSA) is 37.3 Å². The molecule has 1 unspecified atom stereocenters. The molecule has 0 heterocycles. The van der Waals surface area contributed by atoms with Crippen LogP contribution in [0.1, 0.15) is 12.0 Å². The van der Waals surface area contributed by atoms with Crippen LogP contribution in [0.15, 0.2) is 43.0 Å². The normalized spacial score (nSPS) is 14.8. The van der Waals surface area contributed by atoms with Gasteiger partial charge in [-0.15, -0.1) is 6.58 Å². The Balaban J connectivity index is 2.94. The number of halogens is 3. The van der Waals surface area contributed by atoms with Crippen LogP contribution in [0.4, 0.5) is 13.2 Å². The maximum Gasteiger partial charge on any atom is 0.408 e. The summed E-state index contributed by atoms with van der Waals surface area (Å²) in [5.74, 6) is -1.92.